The monoisotopic (exact) mass is 336 g/mol. The summed E-state index contributed by atoms with van der Waals surface area (Å²) < 4.78 is 5.67. The van der Waals surface area contributed by atoms with Gasteiger partial charge in [0, 0.05) is 23.0 Å². The summed E-state index contributed by atoms with van der Waals surface area (Å²) in [7, 11) is 0. The number of hydrogen-bond acceptors (Lipinski definition) is 3. The van der Waals surface area contributed by atoms with E-state index in [0.717, 1.165) is 47.8 Å². The maximum absolute atomic E-state index is 12.3. The Kier molecular flexibility index (Phi) is 5.71. The molecule has 126 valence electrons. The zero-order valence-corrected chi connectivity index (χ0v) is 14.5. The van der Waals surface area contributed by atoms with Gasteiger partial charge >= 0.3 is 0 Å². The van der Waals surface area contributed by atoms with Crippen LogP contribution in [0.25, 0.3) is 11.0 Å². The zero-order chi connectivity index (χ0) is 15.7. The van der Waals surface area contributed by atoms with E-state index < -0.39 is 0 Å². The first-order valence-electron chi connectivity index (χ1n) is 8.06. The van der Waals surface area contributed by atoms with Crippen LogP contribution in [0, 0.1) is 13.8 Å². The molecule has 5 heteroatoms. The van der Waals surface area contributed by atoms with Crippen molar-refractivity contribution in [2.24, 2.45) is 5.73 Å². The zero-order valence-electron chi connectivity index (χ0n) is 13.7. The van der Waals surface area contributed by atoms with E-state index in [1.807, 2.05) is 6.07 Å². The minimum Gasteiger partial charge on any atom is -0.464 e. The molecule has 0 bridgehead atoms. The largest absolute Gasteiger partial charge is 0.464 e. The lowest BCUT2D eigenvalue weighted by atomic mass is 9.91. The number of rotatable bonds is 3. The van der Waals surface area contributed by atoms with Crippen molar-refractivity contribution in [1.29, 1.82) is 0 Å². The van der Waals surface area contributed by atoms with Gasteiger partial charge in [-0.2, -0.15) is 0 Å². The Morgan fingerprint density at radius 2 is 1.96 bits per heavy atom. The standard InChI is InChI=1S/C18H24N2O2.ClH/c1-11-3-8-16-13(10-22-18(16)12(11)2)9-17(21)20-15-6-4-14(19)5-7-15;/h3,8,10,14-15H,4-7,9,19H2,1-2H3,(H,20,21);1H. The van der Waals surface area contributed by atoms with E-state index in [-0.39, 0.29) is 24.4 Å². The van der Waals surface area contributed by atoms with Crippen molar-refractivity contribution < 1.29 is 9.21 Å². The van der Waals surface area contributed by atoms with Crippen LogP contribution in [0.2, 0.25) is 0 Å². The predicted molar refractivity (Wildman–Crippen MR) is 95.0 cm³/mol. The molecule has 0 aliphatic heterocycles. The van der Waals surface area contributed by atoms with Crippen LogP contribution < -0.4 is 11.1 Å². The lowest BCUT2D eigenvalue weighted by Gasteiger charge is -2.26. The summed E-state index contributed by atoms with van der Waals surface area (Å²) in [5.41, 5.74) is 10.1. The molecule has 0 unspecified atom stereocenters. The third-order valence-corrected chi connectivity index (χ3v) is 4.83. The van der Waals surface area contributed by atoms with Gasteiger partial charge in [-0.3, -0.25) is 4.79 Å². The summed E-state index contributed by atoms with van der Waals surface area (Å²) in [5.74, 6) is 0.0707. The number of aryl methyl sites for hydroxylation is 2. The van der Waals surface area contributed by atoms with Crippen molar-refractivity contribution in [3.8, 4) is 0 Å². The van der Waals surface area contributed by atoms with Gasteiger partial charge < -0.3 is 15.5 Å². The Labute approximate surface area is 143 Å². The number of furan rings is 1. The molecule has 2 aromatic rings. The summed E-state index contributed by atoms with van der Waals surface area (Å²) in [6.45, 7) is 4.12. The minimum absolute atomic E-state index is 0. The van der Waals surface area contributed by atoms with Gasteiger partial charge in [-0.05, 0) is 50.7 Å². The van der Waals surface area contributed by atoms with Crippen LogP contribution in [0.5, 0.6) is 0 Å². The molecule has 3 N–H and O–H groups in total. The minimum atomic E-state index is 0. The molecule has 0 spiro atoms. The number of nitrogens with two attached hydrogens (primary N) is 1. The van der Waals surface area contributed by atoms with Crippen LogP contribution in [-0.4, -0.2) is 18.0 Å². The molecule has 3 rings (SSSR count). The molecule has 1 fully saturated rings. The number of fused-ring (bicyclic) bond motifs is 1. The summed E-state index contributed by atoms with van der Waals surface area (Å²) in [5, 5.41) is 4.18. The smallest absolute Gasteiger partial charge is 0.224 e. The first kappa shape index (κ1) is 17.8. The third kappa shape index (κ3) is 3.88. The van der Waals surface area contributed by atoms with Crippen LogP contribution >= 0.6 is 12.4 Å². The van der Waals surface area contributed by atoms with E-state index in [0.29, 0.717) is 12.5 Å². The number of halogens is 1. The van der Waals surface area contributed by atoms with Gasteiger partial charge in [-0.25, -0.2) is 0 Å². The summed E-state index contributed by atoms with van der Waals surface area (Å²) in [6.07, 6.45) is 6.05. The first-order valence-corrected chi connectivity index (χ1v) is 8.06. The topological polar surface area (TPSA) is 68.3 Å². The first-order chi connectivity index (χ1) is 10.5. The van der Waals surface area contributed by atoms with Crippen LogP contribution in [0.4, 0.5) is 0 Å². The highest BCUT2D eigenvalue weighted by atomic mass is 35.5. The molecule has 0 atom stereocenters. The highest BCUT2D eigenvalue weighted by Crippen LogP contribution is 2.27. The summed E-state index contributed by atoms with van der Waals surface area (Å²) in [6, 6.07) is 4.70. The molecule has 1 heterocycles. The molecule has 0 radical (unpaired) electrons. The van der Waals surface area contributed by atoms with Gasteiger partial charge in [-0.1, -0.05) is 12.1 Å². The Hall–Kier alpha value is -1.52. The van der Waals surface area contributed by atoms with E-state index >= 15 is 0 Å². The maximum Gasteiger partial charge on any atom is 0.224 e. The highest BCUT2D eigenvalue weighted by molar-refractivity contribution is 5.89. The van der Waals surface area contributed by atoms with Crippen LogP contribution in [0.3, 0.4) is 0 Å². The molecule has 23 heavy (non-hydrogen) atoms. The van der Waals surface area contributed by atoms with E-state index in [2.05, 4.69) is 25.2 Å². The Bertz CT molecular complexity index is 688. The highest BCUT2D eigenvalue weighted by Gasteiger charge is 2.21. The van der Waals surface area contributed by atoms with Gasteiger partial charge in [0.2, 0.25) is 5.91 Å². The van der Waals surface area contributed by atoms with Crippen LogP contribution in [0.1, 0.15) is 42.4 Å². The normalized spacial score (nSPS) is 21.0. The van der Waals surface area contributed by atoms with E-state index in [4.69, 9.17) is 10.2 Å². The Morgan fingerprint density at radius 3 is 2.65 bits per heavy atom. The number of carbonyl (C=O) groups is 1. The predicted octanol–water partition coefficient (Wildman–Crippen LogP) is 3.40. The fraction of sp³-hybridized carbons (Fsp3) is 0.500. The van der Waals surface area contributed by atoms with E-state index in [1.54, 1.807) is 6.26 Å². The molecule has 4 nitrogen and oxygen atoms in total. The fourth-order valence-electron chi connectivity index (χ4n) is 3.24. The Morgan fingerprint density at radius 1 is 1.26 bits per heavy atom. The van der Waals surface area contributed by atoms with Crippen LogP contribution in [-0.2, 0) is 11.2 Å². The molecule has 1 aromatic carbocycles. The number of benzene rings is 1. The summed E-state index contributed by atoms with van der Waals surface area (Å²) >= 11 is 0. The van der Waals surface area contributed by atoms with Crippen molar-refractivity contribution in [2.45, 2.75) is 58.0 Å². The number of amides is 1. The molecular formula is C18H25ClN2O2. The van der Waals surface area contributed by atoms with Gasteiger partial charge in [0.15, 0.2) is 0 Å². The van der Waals surface area contributed by atoms with Gasteiger partial charge in [0.25, 0.3) is 0 Å². The second kappa shape index (κ2) is 7.37. The molecule has 1 aromatic heterocycles. The molecule has 1 amide bonds. The van der Waals surface area contributed by atoms with Gasteiger partial charge in [0.1, 0.15) is 5.58 Å². The third-order valence-electron chi connectivity index (χ3n) is 4.83. The lowest BCUT2D eigenvalue weighted by Crippen LogP contribution is -2.41. The van der Waals surface area contributed by atoms with Crippen molar-refractivity contribution in [3.05, 3.63) is 35.1 Å². The molecular weight excluding hydrogens is 312 g/mol. The molecule has 1 saturated carbocycles. The van der Waals surface area contributed by atoms with Crippen LogP contribution in [0.15, 0.2) is 22.8 Å². The second-order valence-electron chi connectivity index (χ2n) is 6.50. The average molecular weight is 337 g/mol. The van der Waals surface area contributed by atoms with Crippen molar-refractivity contribution in [1.82, 2.24) is 5.32 Å². The van der Waals surface area contributed by atoms with Gasteiger partial charge in [-0.15, -0.1) is 12.4 Å². The van der Waals surface area contributed by atoms with Gasteiger partial charge in [0.05, 0.1) is 12.7 Å². The molecule has 1 aliphatic rings. The number of hydrogen-bond donors (Lipinski definition) is 2. The SMILES string of the molecule is Cc1ccc2c(CC(=O)NC3CCC(N)CC3)coc2c1C.Cl. The quantitative estimate of drug-likeness (QED) is 0.902. The van der Waals surface area contributed by atoms with Crippen molar-refractivity contribution in [3.63, 3.8) is 0 Å². The second-order valence-corrected chi connectivity index (χ2v) is 6.50. The fourth-order valence-corrected chi connectivity index (χ4v) is 3.24. The number of nitrogens with one attached hydrogen (secondary N) is 1. The molecule has 1 aliphatic carbocycles. The van der Waals surface area contributed by atoms with E-state index in [1.165, 1.54) is 5.56 Å². The summed E-state index contributed by atoms with van der Waals surface area (Å²) in [4.78, 5) is 12.3. The van der Waals surface area contributed by atoms with Crippen molar-refractivity contribution >= 4 is 29.3 Å². The average Bonchev–Trinajstić information content (AvgIpc) is 2.89. The number of carbonyl (C=O) groups excluding carboxylic acids is 1. The molecule has 0 saturated heterocycles. The lowest BCUT2D eigenvalue weighted by molar-refractivity contribution is -0.121. The van der Waals surface area contributed by atoms with E-state index in [9.17, 15) is 4.79 Å². The maximum atomic E-state index is 12.3. The van der Waals surface area contributed by atoms with Crippen molar-refractivity contribution in [2.75, 3.05) is 0 Å². The Balaban J connectivity index is 0.00000192.